The molecule has 2 aromatic heterocycles. The Labute approximate surface area is 167 Å². The molecule has 142 valence electrons. The number of nitrogens with one attached hydrogen (secondary N) is 2. The summed E-state index contributed by atoms with van der Waals surface area (Å²) in [6.45, 7) is 4.14. The lowest BCUT2D eigenvalue weighted by Crippen LogP contribution is -2.33. The van der Waals surface area contributed by atoms with Crippen LogP contribution >= 0.6 is 23.6 Å². The Morgan fingerprint density at radius 1 is 1.19 bits per heavy atom. The molecule has 0 spiro atoms. The van der Waals surface area contributed by atoms with Crippen LogP contribution < -0.4 is 10.6 Å². The maximum atomic E-state index is 11.8. The third kappa shape index (κ3) is 4.86. The van der Waals surface area contributed by atoms with Gasteiger partial charge < -0.3 is 10.6 Å². The van der Waals surface area contributed by atoms with Gasteiger partial charge in [-0.05, 0) is 42.9 Å². The van der Waals surface area contributed by atoms with Gasteiger partial charge in [-0.1, -0.05) is 38.0 Å². The van der Waals surface area contributed by atoms with E-state index in [1.54, 1.807) is 4.52 Å². The van der Waals surface area contributed by atoms with Crippen molar-refractivity contribution in [3.05, 3.63) is 30.1 Å². The molecule has 2 N–H and O–H groups in total. The van der Waals surface area contributed by atoms with E-state index in [-0.39, 0.29) is 5.91 Å². The number of aryl methyl sites for hydroxylation is 1. The van der Waals surface area contributed by atoms with E-state index in [0.29, 0.717) is 11.5 Å². The third-order valence-corrected chi connectivity index (χ3v) is 5.17. The summed E-state index contributed by atoms with van der Waals surface area (Å²) in [5, 5.41) is 19.8. The number of thiocarbonyl (C=S) groups is 1. The van der Waals surface area contributed by atoms with Crippen molar-refractivity contribution < 1.29 is 4.79 Å². The van der Waals surface area contributed by atoms with Crippen LogP contribution in [0.2, 0.25) is 0 Å². The first kappa shape index (κ1) is 19.4. The molecule has 1 aromatic carbocycles. The number of unbranched alkanes of at least 4 members (excludes halogenated alkanes) is 2. The number of anilines is 1. The van der Waals surface area contributed by atoms with Gasteiger partial charge in [0.05, 0.1) is 0 Å². The number of hydrogen-bond acceptors (Lipinski definition) is 6. The number of aromatic nitrogens is 4. The molecule has 0 radical (unpaired) electrons. The Bertz CT molecular complexity index is 931. The summed E-state index contributed by atoms with van der Waals surface area (Å²) in [6.07, 6.45) is 4.30. The fourth-order valence-corrected chi connectivity index (χ4v) is 3.67. The normalized spacial score (nSPS) is 10.9. The molecule has 0 aliphatic rings. The standard InChI is InChI=1S/C18H22N6OS2/c1-3-5-6-7-15(25)20-17(26)19-13-10-8-12(9-11-13)16-23-24-14(4-2)21-22-18(24)27-16/h8-11H,3-7H2,1-2H3,(H2,19,20,25,26). The van der Waals surface area contributed by atoms with Crippen LogP contribution in [0.5, 0.6) is 0 Å². The first-order valence-corrected chi connectivity index (χ1v) is 10.3. The molecule has 2 heterocycles. The van der Waals surface area contributed by atoms with Crippen LogP contribution in [0.1, 0.15) is 45.4 Å². The summed E-state index contributed by atoms with van der Waals surface area (Å²) in [5.74, 6) is 0.801. The van der Waals surface area contributed by atoms with Crippen LogP contribution in [0.3, 0.4) is 0 Å². The van der Waals surface area contributed by atoms with Gasteiger partial charge in [0.15, 0.2) is 10.9 Å². The topological polar surface area (TPSA) is 84.2 Å². The van der Waals surface area contributed by atoms with Crippen molar-refractivity contribution in [2.75, 3.05) is 5.32 Å². The molecule has 27 heavy (non-hydrogen) atoms. The van der Waals surface area contributed by atoms with Crippen molar-refractivity contribution in [2.45, 2.75) is 46.0 Å². The first-order valence-electron chi connectivity index (χ1n) is 9.03. The lowest BCUT2D eigenvalue weighted by Gasteiger charge is -2.09. The summed E-state index contributed by atoms with van der Waals surface area (Å²) in [4.78, 5) is 12.6. The number of benzene rings is 1. The number of fused-ring (bicyclic) bond motifs is 1. The number of carbonyl (C=O) groups excluding carboxylic acids is 1. The van der Waals surface area contributed by atoms with Crippen LogP contribution in [-0.4, -0.2) is 30.8 Å². The lowest BCUT2D eigenvalue weighted by molar-refractivity contribution is -0.119. The van der Waals surface area contributed by atoms with Crippen LogP contribution in [-0.2, 0) is 11.2 Å². The minimum Gasteiger partial charge on any atom is -0.332 e. The smallest absolute Gasteiger partial charge is 0.234 e. The van der Waals surface area contributed by atoms with E-state index < -0.39 is 0 Å². The van der Waals surface area contributed by atoms with Crippen LogP contribution in [0, 0.1) is 0 Å². The van der Waals surface area contributed by atoms with E-state index in [1.807, 2.05) is 31.2 Å². The van der Waals surface area contributed by atoms with E-state index in [2.05, 4.69) is 32.9 Å². The number of amides is 1. The Morgan fingerprint density at radius 3 is 2.67 bits per heavy atom. The van der Waals surface area contributed by atoms with Crippen LogP contribution in [0.15, 0.2) is 24.3 Å². The Morgan fingerprint density at radius 2 is 1.96 bits per heavy atom. The predicted molar refractivity (Wildman–Crippen MR) is 112 cm³/mol. The van der Waals surface area contributed by atoms with Gasteiger partial charge >= 0.3 is 0 Å². The lowest BCUT2D eigenvalue weighted by atomic mass is 10.2. The molecular formula is C18H22N6OS2. The van der Waals surface area contributed by atoms with Crippen molar-refractivity contribution >= 4 is 45.2 Å². The molecule has 0 fully saturated rings. The summed E-state index contributed by atoms with van der Waals surface area (Å²) in [5.41, 5.74) is 1.81. The van der Waals surface area contributed by atoms with Gasteiger partial charge in [0.1, 0.15) is 5.01 Å². The molecule has 3 aromatic rings. The van der Waals surface area contributed by atoms with Crippen molar-refractivity contribution in [2.24, 2.45) is 0 Å². The van der Waals surface area contributed by atoms with Crippen LogP contribution in [0.4, 0.5) is 5.69 Å². The molecule has 1 amide bonds. The average molecular weight is 403 g/mol. The van der Waals surface area contributed by atoms with E-state index >= 15 is 0 Å². The van der Waals surface area contributed by atoms with Crippen molar-refractivity contribution in [3.63, 3.8) is 0 Å². The molecule has 0 unspecified atom stereocenters. The number of hydrogen-bond donors (Lipinski definition) is 2. The number of carbonyl (C=O) groups is 1. The van der Waals surface area contributed by atoms with Crippen molar-refractivity contribution in [3.8, 4) is 10.6 Å². The van der Waals surface area contributed by atoms with Gasteiger partial charge in [0, 0.05) is 24.1 Å². The maximum Gasteiger partial charge on any atom is 0.234 e. The average Bonchev–Trinajstić information content (AvgIpc) is 3.23. The molecule has 3 rings (SSSR count). The van der Waals surface area contributed by atoms with Crippen molar-refractivity contribution in [1.82, 2.24) is 25.1 Å². The minimum atomic E-state index is -0.0518. The summed E-state index contributed by atoms with van der Waals surface area (Å²) in [7, 11) is 0. The fraction of sp³-hybridized carbons (Fsp3) is 0.389. The summed E-state index contributed by atoms with van der Waals surface area (Å²) < 4.78 is 1.79. The van der Waals surface area contributed by atoms with Gasteiger partial charge in [-0.2, -0.15) is 9.61 Å². The Kier molecular flexibility index (Phi) is 6.46. The van der Waals surface area contributed by atoms with Gasteiger partial charge in [-0.15, -0.1) is 10.2 Å². The van der Waals surface area contributed by atoms with Gasteiger partial charge in [0.2, 0.25) is 10.9 Å². The monoisotopic (exact) mass is 402 g/mol. The summed E-state index contributed by atoms with van der Waals surface area (Å²) >= 11 is 6.70. The molecule has 0 aliphatic carbocycles. The molecule has 0 saturated heterocycles. The highest BCUT2D eigenvalue weighted by molar-refractivity contribution is 7.80. The zero-order valence-electron chi connectivity index (χ0n) is 15.4. The fourth-order valence-electron chi connectivity index (χ4n) is 2.58. The molecule has 0 aliphatic heterocycles. The second kappa shape index (κ2) is 9.01. The maximum absolute atomic E-state index is 11.8. The van der Waals surface area contributed by atoms with Crippen LogP contribution in [0.25, 0.3) is 15.5 Å². The van der Waals surface area contributed by atoms with E-state index in [9.17, 15) is 4.79 Å². The van der Waals surface area contributed by atoms with Gasteiger partial charge in [-0.25, -0.2) is 0 Å². The Balaban J connectivity index is 1.60. The second-order valence-corrected chi connectivity index (χ2v) is 7.47. The van der Waals surface area contributed by atoms with E-state index in [1.165, 1.54) is 11.3 Å². The quantitative estimate of drug-likeness (QED) is 0.462. The molecule has 0 atom stereocenters. The zero-order chi connectivity index (χ0) is 19.2. The highest BCUT2D eigenvalue weighted by Gasteiger charge is 2.12. The predicted octanol–water partition coefficient (Wildman–Crippen LogP) is 3.81. The van der Waals surface area contributed by atoms with E-state index in [0.717, 1.165) is 52.7 Å². The van der Waals surface area contributed by atoms with Crippen molar-refractivity contribution in [1.29, 1.82) is 0 Å². The molecule has 0 saturated carbocycles. The second-order valence-electron chi connectivity index (χ2n) is 6.11. The highest BCUT2D eigenvalue weighted by atomic mass is 32.1. The number of rotatable bonds is 7. The molecule has 7 nitrogen and oxygen atoms in total. The first-order chi connectivity index (χ1) is 13.1. The third-order valence-electron chi connectivity index (χ3n) is 4.02. The van der Waals surface area contributed by atoms with Gasteiger partial charge in [-0.3, -0.25) is 4.79 Å². The molecule has 9 heteroatoms. The summed E-state index contributed by atoms with van der Waals surface area (Å²) in [6, 6.07) is 7.75. The zero-order valence-corrected chi connectivity index (χ0v) is 17.0. The Hall–Kier alpha value is -2.39. The molecule has 0 bridgehead atoms. The SMILES string of the molecule is CCCCCC(=O)NC(=S)Nc1ccc(-c2nn3c(CC)nnc3s2)cc1. The molecular weight excluding hydrogens is 380 g/mol. The van der Waals surface area contributed by atoms with Gasteiger partial charge in [0.25, 0.3) is 0 Å². The largest absolute Gasteiger partial charge is 0.332 e. The highest BCUT2D eigenvalue weighted by Crippen LogP contribution is 2.26. The minimum absolute atomic E-state index is 0.0518. The number of nitrogens with zero attached hydrogens (tertiary/aromatic N) is 4. The van der Waals surface area contributed by atoms with E-state index in [4.69, 9.17) is 12.2 Å².